The highest BCUT2D eigenvalue weighted by Crippen LogP contribution is 2.27. The highest BCUT2D eigenvalue weighted by molar-refractivity contribution is 6.29. The molecule has 1 aromatic rings. The zero-order valence-electron chi connectivity index (χ0n) is 9.78. The lowest BCUT2D eigenvalue weighted by Crippen LogP contribution is -2.38. The molecule has 16 heavy (non-hydrogen) atoms. The SMILES string of the molecule is CC1CCN(c2cc(N)cc(Cl)n2)CC1C. The van der Waals surface area contributed by atoms with Crippen LogP contribution in [-0.2, 0) is 0 Å². The Labute approximate surface area is 102 Å². The molecule has 0 aliphatic carbocycles. The molecule has 4 heteroatoms. The molecule has 2 atom stereocenters. The van der Waals surface area contributed by atoms with Crippen molar-refractivity contribution >= 4 is 23.1 Å². The van der Waals surface area contributed by atoms with E-state index in [0.717, 1.165) is 24.8 Å². The number of aromatic nitrogens is 1. The van der Waals surface area contributed by atoms with Crippen LogP contribution in [0.3, 0.4) is 0 Å². The van der Waals surface area contributed by atoms with Gasteiger partial charge in [0.15, 0.2) is 0 Å². The summed E-state index contributed by atoms with van der Waals surface area (Å²) < 4.78 is 0. The van der Waals surface area contributed by atoms with E-state index in [1.165, 1.54) is 6.42 Å². The summed E-state index contributed by atoms with van der Waals surface area (Å²) in [4.78, 5) is 6.60. The molecule has 3 nitrogen and oxygen atoms in total. The summed E-state index contributed by atoms with van der Waals surface area (Å²) in [5.41, 5.74) is 6.46. The Morgan fingerprint density at radius 3 is 2.75 bits per heavy atom. The van der Waals surface area contributed by atoms with Gasteiger partial charge in [-0.25, -0.2) is 4.98 Å². The van der Waals surface area contributed by atoms with Crippen LogP contribution >= 0.6 is 11.6 Å². The van der Waals surface area contributed by atoms with E-state index >= 15 is 0 Å². The van der Waals surface area contributed by atoms with Crippen molar-refractivity contribution in [3.63, 3.8) is 0 Å². The number of nitrogens with zero attached hydrogens (tertiary/aromatic N) is 2. The van der Waals surface area contributed by atoms with E-state index in [1.54, 1.807) is 6.07 Å². The zero-order valence-corrected chi connectivity index (χ0v) is 10.5. The number of rotatable bonds is 1. The Bertz CT molecular complexity index is 360. The molecular formula is C12H18ClN3. The fraction of sp³-hybridized carbons (Fsp3) is 0.583. The largest absolute Gasteiger partial charge is 0.399 e. The summed E-state index contributed by atoms with van der Waals surface area (Å²) in [6.07, 6.45) is 1.20. The van der Waals surface area contributed by atoms with Crippen LogP contribution in [0.2, 0.25) is 5.15 Å². The molecule has 2 unspecified atom stereocenters. The van der Waals surface area contributed by atoms with Gasteiger partial charge in [-0.2, -0.15) is 0 Å². The molecule has 2 heterocycles. The van der Waals surface area contributed by atoms with Crippen molar-refractivity contribution in [1.82, 2.24) is 4.98 Å². The lowest BCUT2D eigenvalue weighted by atomic mass is 9.89. The van der Waals surface area contributed by atoms with Gasteiger partial charge in [0.25, 0.3) is 0 Å². The Balaban J connectivity index is 2.18. The van der Waals surface area contributed by atoms with Crippen molar-refractivity contribution in [2.45, 2.75) is 20.3 Å². The van der Waals surface area contributed by atoms with E-state index in [1.807, 2.05) is 6.07 Å². The van der Waals surface area contributed by atoms with Crippen LogP contribution in [0.4, 0.5) is 11.5 Å². The number of hydrogen-bond donors (Lipinski definition) is 1. The van der Waals surface area contributed by atoms with Crippen molar-refractivity contribution in [3.8, 4) is 0 Å². The van der Waals surface area contributed by atoms with E-state index in [9.17, 15) is 0 Å². The standard InChI is InChI=1S/C12H18ClN3/c1-8-3-4-16(7-9(8)2)12-6-10(14)5-11(13)15-12/h5-6,8-9H,3-4,7H2,1-2H3,(H2,14,15). The summed E-state index contributed by atoms with van der Waals surface area (Å²) in [7, 11) is 0. The first-order valence-corrected chi connectivity index (χ1v) is 6.12. The summed E-state index contributed by atoms with van der Waals surface area (Å²) >= 11 is 5.92. The average molecular weight is 240 g/mol. The van der Waals surface area contributed by atoms with Gasteiger partial charge in [0.2, 0.25) is 0 Å². The number of nitrogen functional groups attached to an aromatic ring is 1. The van der Waals surface area contributed by atoms with Crippen molar-refractivity contribution in [2.24, 2.45) is 11.8 Å². The number of piperidine rings is 1. The molecular weight excluding hydrogens is 222 g/mol. The first-order chi connectivity index (χ1) is 7.56. The Morgan fingerprint density at radius 1 is 1.38 bits per heavy atom. The Kier molecular flexibility index (Phi) is 3.24. The molecule has 0 saturated carbocycles. The van der Waals surface area contributed by atoms with Crippen molar-refractivity contribution in [2.75, 3.05) is 23.7 Å². The summed E-state index contributed by atoms with van der Waals surface area (Å²) in [6.45, 7) is 6.67. The normalized spacial score (nSPS) is 25.8. The molecule has 88 valence electrons. The molecule has 1 fully saturated rings. The Morgan fingerprint density at radius 2 is 2.12 bits per heavy atom. The van der Waals surface area contributed by atoms with Crippen LogP contribution in [0.5, 0.6) is 0 Å². The van der Waals surface area contributed by atoms with E-state index < -0.39 is 0 Å². The van der Waals surface area contributed by atoms with Crippen molar-refractivity contribution < 1.29 is 0 Å². The molecule has 1 aliphatic rings. The fourth-order valence-corrected chi connectivity index (χ4v) is 2.35. The molecule has 1 saturated heterocycles. The van der Waals surface area contributed by atoms with Gasteiger partial charge in [0.05, 0.1) is 0 Å². The van der Waals surface area contributed by atoms with Crippen molar-refractivity contribution in [1.29, 1.82) is 0 Å². The molecule has 0 radical (unpaired) electrons. The molecule has 1 aliphatic heterocycles. The second-order valence-electron chi connectivity index (χ2n) is 4.77. The second kappa shape index (κ2) is 4.50. The molecule has 0 amide bonds. The van der Waals surface area contributed by atoms with Crippen LogP contribution < -0.4 is 10.6 Å². The number of pyridine rings is 1. The summed E-state index contributed by atoms with van der Waals surface area (Å²) in [5.74, 6) is 2.38. The third-order valence-corrected chi connectivity index (χ3v) is 3.65. The van der Waals surface area contributed by atoms with E-state index in [2.05, 4.69) is 23.7 Å². The van der Waals surface area contributed by atoms with Gasteiger partial charge in [-0.05, 0) is 24.3 Å². The van der Waals surface area contributed by atoms with Crippen LogP contribution in [-0.4, -0.2) is 18.1 Å². The first kappa shape index (κ1) is 11.5. The predicted molar refractivity (Wildman–Crippen MR) is 68.8 cm³/mol. The minimum Gasteiger partial charge on any atom is -0.399 e. The third kappa shape index (κ3) is 2.40. The highest BCUT2D eigenvalue weighted by Gasteiger charge is 2.23. The number of hydrogen-bond acceptors (Lipinski definition) is 3. The minimum atomic E-state index is 0.473. The molecule has 2 rings (SSSR count). The smallest absolute Gasteiger partial charge is 0.133 e. The van der Waals surface area contributed by atoms with Crippen LogP contribution in [0, 0.1) is 11.8 Å². The minimum absolute atomic E-state index is 0.473. The monoisotopic (exact) mass is 239 g/mol. The van der Waals surface area contributed by atoms with Gasteiger partial charge in [-0.1, -0.05) is 25.4 Å². The quantitative estimate of drug-likeness (QED) is 0.767. The van der Waals surface area contributed by atoms with Gasteiger partial charge in [0, 0.05) is 24.8 Å². The summed E-state index contributed by atoms with van der Waals surface area (Å²) in [5, 5.41) is 0.473. The maximum atomic E-state index is 5.92. The first-order valence-electron chi connectivity index (χ1n) is 5.74. The van der Waals surface area contributed by atoms with E-state index in [4.69, 9.17) is 17.3 Å². The van der Waals surface area contributed by atoms with Crippen LogP contribution in [0.1, 0.15) is 20.3 Å². The number of halogens is 1. The maximum Gasteiger partial charge on any atom is 0.133 e. The van der Waals surface area contributed by atoms with Crippen LogP contribution in [0.25, 0.3) is 0 Å². The molecule has 0 bridgehead atoms. The number of nitrogens with two attached hydrogens (primary N) is 1. The topological polar surface area (TPSA) is 42.1 Å². The lowest BCUT2D eigenvalue weighted by molar-refractivity contribution is 0.323. The number of anilines is 2. The maximum absolute atomic E-state index is 5.92. The van der Waals surface area contributed by atoms with Crippen molar-refractivity contribution in [3.05, 3.63) is 17.3 Å². The lowest BCUT2D eigenvalue weighted by Gasteiger charge is -2.36. The Hall–Kier alpha value is -0.960. The van der Waals surface area contributed by atoms with E-state index in [-0.39, 0.29) is 0 Å². The van der Waals surface area contributed by atoms with Gasteiger partial charge in [0.1, 0.15) is 11.0 Å². The van der Waals surface area contributed by atoms with Gasteiger partial charge < -0.3 is 10.6 Å². The zero-order chi connectivity index (χ0) is 11.7. The average Bonchev–Trinajstić information content (AvgIpc) is 2.20. The van der Waals surface area contributed by atoms with Gasteiger partial charge in [-0.3, -0.25) is 0 Å². The highest BCUT2D eigenvalue weighted by atomic mass is 35.5. The molecule has 1 aromatic heterocycles. The van der Waals surface area contributed by atoms with Gasteiger partial charge in [-0.15, -0.1) is 0 Å². The predicted octanol–water partition coefficient (Wildman–Crippen LogP) is 2.80. The molecule has 0 aromatic carbocycles. The molecule has 2 N–H and O–H groups in total. The third-order valence-electron chi connectivity index (χ3n) is 3.46. The second-order valence-corrected chi connectivity index (χ2v) is 5.16. The van der Waals surface area contributed by atoms with Crippen LogP contribution in [0.15, 0.2) is 12.1 Å². The summed E-state index contributed by atoms with van der Waals surface area (Å²) in [6, 6.07) is 3.58. The molecule has 0 spiro atoms. The fourth-order valence-electron chi connectivity index (χ4n) is 2.14. The van der Waals surface area contributed by atoms with E-state index in [0.29, 0.717) is 16.8 Å². The van der Waals surface area contributed by atoms with Gasteiger partial charge >= 0.3 is 0 Å².